The molecule has 1 aliphatic rings. The maximum Gasteiger partial charge on any atom is 0.135 e. The van der Waals surface area contributed by atoms with Crippen LogP contribution in [0.15, 0.2) is 30.3 Å². The molecule has 2 heterocycles. The van der Waals surface area contributed by atoms with Crippen molar-refractivity contribution in [3.05, 3.63) is 51.5 Å². The van der Waals surface area contributed by atoms with E-state index in [9.17, 15) is 4.39 Å². The molecule has 19 heavy (non-hydrogen) atoms. The Kier molecular flexibility index (Phi) is 3.29. The molecule has 2 nitrogen and oxygen atoms in total. The number of benzene rings is 1. The second-order valence-electron chi connectivity index (χ2n) is 4.79. The summed E-state index contributed by atoms with van der Waals surface area (Å²) in [6.07, 6.45) is 1.70. The molecule has 1 aliphatic heterocycles. The fraction of sp³-hybridized carbons (Fsp3) is 0.333. The molecule has 2 N–H and O–H groups in total. The van der Waals surface area contributed by atoms with Crippen LogP contribution in [0.25, 0.3) is 0 Å². The number of hydrogen-bond donors (Lipinski definition) is 1. The Balaban J connectivity index is 1.91. The number of aryl methyl sites for hydroxylation is 1. The van der Waals surface area contributed by atoms with Crippen molar-refractivity contribution >= 4 is 11.3 Å². The van der Waals surface area contributed by atoms with Crippen molar-refractivity contribution < 1.29 is 9.13 Å². The Hall–Kier alpha value is -1.39. The van der Waals surface area contributed by atoms with E-state index in [0.29, 0.717) is 5.75 Å². The van der Waals surface area contributed by atoms with Gasteiger partial charge in [-0.15, -0.1) is 11.3 Å². The highest BCUT2D eigenvalue weighted by Crippen LogP contribution is 2.41. The van der Waals surface area contributed by atoms with E-state index in [4.69, 9.17) is 10.5 Å². The monoisotopic (exact) mass is 277 g/mol. The lowest BCUT2D eigenvalue weighted by atomic mass is 9.96. The van der Waals surface area contributed by atoms with Crippen LogP contribution in [0.1, 0.15) is 40.8 Å². The zero-order valence-corrected chi connectivity index (χ0v) is 11.5. The predicted molar refractivity (Wildman–Crippen MR) is 75.0 cm³/mol. The van der Waals surface area contributed by atoms with E-state index in [2.05, 4.69) is 19.1 Å². The van der Waals surface area contributed by atoms with Crippen molar-refractivity contribution in [2.75, 3.05) is 0 Å². The maximum absolute atomic E-state index is 13.3. The van der Waals surface area contributed by atoms with Gasteiger partial charge in [0.2, 0.25) is 0 Å². The number of halogens is 1. The first-order valence-electron chi connectivity index (χ1n) is 6.47. The minimum absolute atomic E-state index is 0.0606. The summed E-state index contributed by atoms with van der Waals surface area (Å²) in [6.45, 7) is 2.13. The number of nitrogens with two attached hydrogens (primary N) is 1. The predicted octanol–water partition coefficient (Wildman–Crippen LogP) is 3.97. The molecular weight excluding hydrogens is 261 g/mol. The van der Waals surface area contributed by atoms with Crippen LogP contribution in [-0.2, 0) is 6.42 Å². The van der Waals surface area contributed by atoms with Crippen LogP contribution < -0.4 is 10.5 Å². The second-order valence-corrected chi connectivity index (χ2v) is 5.99. The van der Waals surface area contributed by atoms with Gasteiger partial charge in [0, 0.05) is 33.8 Å². The molecule has 1 aromatic carbocycles. The van der Waals surface area contributed by atoms with Crippen molar-refractivity contribution in [1.82, 2.24) is 0 Å². The molecule has 100 valence electrons. The lowest BCUT2D eigenvalue weighted by molar-refractivity contribution is 0.164. The number of thiophene rings is 1. The zero-order chi connectivity index (χ0) is 13.4. The van der Waals surface area contributed by atoms with E-state index >= 15 is 0 Å². The van der Waals surface area contributed by atoms with Crippen LogP contribution in [0, 0.1) is 5.82 Å². The van der Waals surface area contributed by atoms with Gasteiger partial charge < -0.3 is 10.5 Å². The molecule has 0 amide bonds. The van der Waals surface area contributed by atoms with Gasteiger partial charge in [0.05, 0.1) is 0 Å². The van der Waals surface area contributed by atoms with E-state index in [1.165, 1.54) is 21.9 Å². The van der Waals surface area contributed by atoms with Gasteiger partial charge in [-0.1, -0.05) is 13.0 Å². The average molecular weight is 277 g/mol. The third kappa shape index (κ3) is 2.38. The standard InChI is InChI=1S/C15H16FNOS/c1-2-10-4-6-15(19-10)14-8-12(17)11-5-3-9(16)7-13(11)18-14/h3-7,12,14H,2,8,17H2,1H3/t12-,14?/m0/s1. The lowest BCUT2D eigenvalue weighted by Crippen LogP contribution is -2.23. The van der Waals surface area contributed by atoms with Gasteiger partial charge in [-0.3, -0.25) is 0 Å². The fourth-order valence-electron chi connectivity index (χ4n) is 2.41. The van der Waals surface area contributed by atoms with Gasteiger partial charge in [0.1, 0.15) is 17.7 Å². The molecule has 3 rings (SSSR count). The first kappa shape index (κ1) is 12.6. The summed E-state index contributed by atoms with van der Waals surface area (Å²) >= 11 is 1.75. The van der Waals surface area contributed by atoms with Gasteiger partial charge in [-0.2, -0.15) is 0 Å². The third-order valence-corrected chi connectivity index (χ3v) is 4.78. The number of fused-ring (bicyclic) bond motifs is 1. The number of ether oxygens (including phenoxy) is 1. The van der Waals surface area contributed by atoms with Gasteiger partial charge in [-0.05, 0) is 24.6 Å². The summed E-state index contributed by atoms with van der Waals surface area (Å²) in [5.41, 5.74) is 7.06. The largest absolute Gasteiger partial charge is 0.484 e. The quantitative estimate of drug-likeness (QED) is 0.901. The minimum atomic E-state index is -0.285. The summed E-state index contributed by atoms with van der Waals surface area (Å²) in [4.78, 5) is 2.50. The van der Waals surface area contributed by atoms with Crippen molar-refractivity contribution in [3.63, 3.8) is 0 Å². The van der Waals surface area contributed by atoms with Crippen LogP contribution in [0.5, 0.6) is 5.75 Å². The van der Waals surface area contributed by atoms with E-state index < -0.39 is 0 Å². The molecule has 0 radical (unpaired) electrons. The lowest BCUT2D eigenvalue weighted by Gasteiger charge is -2.29. The van der Waals surface area contributed by atoms with Crippen molar-refractivity contribution in [1.29, 1.82) is 0 Å². The molecule has 1 aromatic heterocycles. The fourth-order valence-corrected chi connectivity index (χ4v) is 3.40. The van der Waals surface area contributed by atoms with Gasteiger partial charge in [0.25, 0.3) is 0 Å². The normalized spacial score (nSPS) is 21.8. The molecule has 0 fully saturated rings. The van der Waals surface area contributed by atoms with Crippen LogP contribution in [0.2, 0.25) is 0 Å². The van der Waals surface area contributed by atoms with Crippen molar-refractivity contribution in [2.24, 2.45) is 5.73 Å². The van der Waals surface area contributed by atoms with Gasteiger partial charge in [0.15, 0.2) is 0 Å². The summed E-state index contributed by atoms with van der Waals surface area (Å²) in [6, 6.07) is 8.69. The molecule has 2 aromatic rings. The molecule has 0 bridgehead atoms. The SMILES string of the molecule is CCc1ccc(C2C[C@H](N)c3ccc(F)cc3O2)s1. The van der Waals surface area contributed by atoms with Crippen LogP contribution in [0.3, 0.4) is 0 Å². The summed E-state index contributed by atoms with van der Waals surface area (Å²) in [7, 11) is 0. The zero-order valence-electron chi connectivity index (χ0n) is 10.7. The smallest absolute Gasteiger partial charge is 0.135 e. The number of rotatable bonds is 2. The topological polar surface area (TPSA) is 35.2 Å². The first-order valence-corrected chi connectivity index (χ1v) is 7.29. The molecule has 4 heteroatoms. The summed E-state index contributed by atoms with van der Waals surface area (Å²) < 4.78 is 19.2. The highest BCUT2D eigenvalue weighted by molar-refractivity contribution is 7.12. The Bertz CT molecular complexity index is 596. The summed E-state index contributed by atoms with van der Waals surface area (Å²) in [5, 5.41) is 0. The summed E-state index contributed by atoms with van der Waals surface area (Å²) in [5.74, 6) is 0.294. The molecule has 1 unspecified atom stereocenters. The van der Waals surface area contributed by atoms with Gasteiger partial charge >= 0.3 is 0 Å². The molecule has 2 atom stereocenters. The van der Waals surface area contributed by atoms with E-state index in [0.717, 1.165) is 18.4 Å². The maximum atomic E-state index is 13.3. The highest BCUT2D eigenvalue weighted by Gasteiger charge is 2.28. The highest BCUT2D eigenvalue weighted by atomic mass is 32.1. The molecule has 0 spiro atoms. The number of hydrogen-bond acceptors (Lipinski definition) is 3. The van der Waals surface area contributed by atoms with Crippen LogP contribution >= 0.6 is 11.3 Å². The average Bonchev–Trinajstić information content (AvgIpc) is 2.86. The Labute approximate surface area is 116 Å². The Morgan fingerprint density at radius 2 is 2.21 bits per heavy atom. The van der Waals surface area contributed by atoms with E-state index in [1.54, 1.807) is 17.4 Å². The van der Waals surface area contributed by atoms with Crippen LogP contribution in [-0.4, -0.2) is 0 Å². The Morgan fingerprint density at radius 1 is 1.37 bits per heavy atom. The third-order valence-electron chi connectivity index (χ3n) is 3.46. The Morgan fingerprint density at radius 3 is 2.95 bits per heavy atom. The van der Waals surface area contributed by atoms with Crippen LogP contribution in [0.4, 0.5) is 4.39 Å². The van der Waals surface area contributed by atoms with Crippen molar-refractivity contribution in [3.8, 4) is 5.75 Å². The van der Waals surface area contributed by atoms with E-state index in [-0.39, 0.29) is 18.0 Å². The molecule has 0 saturated carbocycles. The second kappa shape index (κ2) is 4.94. The molecule has 0 aliphatic carbocycles. The van der Waals surface area contributed by atoms with E-state index in [1.807, 2.05) is 0 Å². The first-order chi connectivity index (χ1) is 9.17. The molecule has 0 saturated heterocycles. The molecular formula is C15H16FNOS. The van der Waals surface area contributed by atoms with Gasteiger partial charge in [-0.25, -0.2) is 4.39 Å². The minimum Gasteiger partial charge on any atom is -0.484 e. The van der Waals surface area contributed by atoms with Crippen molar-refractivity contribution in [2.45, 2.75) is 31.9 Å².